The lowest BCUT2D eigenvalue weighted by molar-refractivity contribution is -0.137. The van der Waals surface area contributed by atoms with E-state index < -0.39 is 11.8 Å². The molecule has 0 fully saturated rings. The molecule has 2 amide bonds. The van der Waals surface area contributed by atoms with Crippen LogP contribution < -0.4 is 25.4 Å². The number of rotatable bonds is 7. The monoisotopic (exact) mass is 357 g/mol. The van der Waals surface area contributed by atoms with Crippen LogP contribution in [0.4, 0.5) is 0 Å². The Kier molecular flexibility index (Phi) is 6.55. The van der Waals surface area contributed by atoms with E-state index >= 15 is 0 Å². The molecule has 136 valence electrons. The molecule has 8 nitrogen and oxygen atoms in total. The van der Waals surface area contributed by atoms with E-state index in [9.17, 15) is 9.59 Å². The molecule has 2 rings (SSSR count). The Hall–Kier alpha value is -3.55. The number of nitrogens with one attached hydrogen (secondary N) is 1. The fourth-order valence-corrected chi connectivity index (χ4v) is 2.07. The van der Waals surface area contributed by atoms with Crippen molar-refractivity contribution < 1.29 is 23.8 Å². The Morgan fingerprint density at radius 2 is 1.73 bits per heavy atom. The summed E-state index contributed by atoms with van der Waals surface area (Å²) < 4.78 is 16.5. The molecule has 8 heteroatoms. The molecule has 2 aromatic carbocycles. The molecule has 3 N–H and O–H groups in total. The molecule has 0 spiro atoms. The predicted octanol–water partition coefficient (Wildman–Crippen LogP) is 1.22. The summed E-state index contributed by atoms with van der Waals surface area (Å²) >= 11 is 0. The maximum atomic E-state index is 11.1. The zero-order chi connectivity index (χ0) is 18.9. The number of carbonyl (C=O) groups excluding carboxylic acids is 2. The zero-order valence-electron chi connectivity index (χ0n) is 14.4. The van der Waals surface area contributed by atoms with Crippen molar-refractivity contribution in [2.45, 2.75) is 6.61 Å². The summed E-state index contributed by atoms with van der Waals surface area (Å²) in [5, 5.41) is 3.66. The number of nitrogens with two attached hydrogens (primary N) is 1. The lowest BCUT2D eigenvalue weighted by Crippen LogP contribution is -2.32. The molecule has 0 saturated carbocycles. The van der Waals surface area contributed by atoms with E-state index in [1.807, 2.05) is 35.8 Å². The van der Waals surface area contributed by atoms with Crippen LogP contribution in [0, 0.1) is 0 Å². The molecular weight excluding hydrogens is 338 g/mol. The number of nitrogens with zero attached hydrogens (tertiary/aromatic N) is 1. The third-order valence-electron chi connectivity index (χ3n) is 3.31. The van der Waals surface area contributed by atoms with E-state index in [1.54, 1.807) is 12.1 Å². The van der Waals surface area contributed by atoms with Crippen LogP contribution in [-0.2, 0) is 16.2 Å². The minimum Gasteiger partial charge on any atom is -0.493 e. The van der Waals surface area contributed by atoms with Crippen molar-refractivity contribution in [2.75, 3.05) is 14.2 Å². The van der Waals surface area contributed by atoms with Crippen molar-refractivity contribution in [2.24, 2.45) is 10.8 Å². The van der Waals surface area contributed by atoms with Gasteiger partial charge in [-0.15, -0.1) is 0 Å². The van der Waals surface area contributed by atoms with Gasteiger partial charge in [0.05, 0.1) is 20.4 Å². The van der Waals surface area contributed by atoms with Crippen LogP contribution in [-0.4, -0.2) is 32.2 Å². The van der Waals surface area contributed by atoms with Gasteiger partial charge in [0.2, 0.25) is 5.75 Å². The number of hydrogen-bond acceptors (Lipinski definition) is 6. The Bertz CT molecular complexity index is 781. The number of ether oxygens (including phenoxy) is 3. The van der Waals surface area contributed by atoms with Crippen LogP contribution >= 0.6 is 0 Å². The normalized spacial score (nSPS) is 10.4. The van der Waals surface area contributed by atoms with Gasteiger partial charge < -0.3 is 19.9 Å². The number of hydrogen-bond donors (Lipinski definition) is 2. The van der Waals surface area contributed by atoms with E-state index in [0.717, 1.165) is 5.56 Å². The third kappa shape index (κ3) is 4.97. The van der Waals surface area contributed by atoms with Gasteiger partial charge in [0.25, 0.3) is 0 Å². The smallest absolute Gasteiger partial charge is 0.329 e. The molecule has 0 aliphatic rings. The van der Waals surface area contributed by atoms with Crippen LogP contribution in [0.1, 0.15) is 11.1 Å². The predicted molar refractivity (Wildman–Crippen MR) is 95.3 cm³/mol. The molecule has 0 atom stereocenters. The van der Waals surface area contributed by atoms with Crippen LogP contribution in [0.2, 0.25) is 0 Å². The number of methoxy groups -OCH3 is 2. The maximum Gasteiger partial charge on any atom is 0.329 e. The summed E-state index contributed by atoms with van der Waals surface area (Å²) in [4.78, 5) is 21.7. The van der Waals surface area contributed by atoms with Gasteiger partial charge in [-0.1, -0.05) is 30.3 Å². The van der Waals surface area contributed by atoms with Crippen molar-refractivity contribution in [3.63, 3.8) is 0 Å². The topological polar surface area (TPSA) is 112 Å². The van der Waals surface area contributed by atoms with Crippen molar-refractivity contribution >= 4 is 18.0 Å². The van der Waals surface area contributed by atoms with Gasteiger partial charge >= 0.3 is 11.8 Å². The first-order valence-electron chi connectivity index (χ1n) is 7.60. The summed E-state index contributed by atoms with van der Waals surface area (Å²) in [6.45, 7) is 0.343. The summed E-state index contributed by atoms with van der Waals surface area (Å²) in [7, 11) is 3.00. The molecule has 0 aliphatic heterocycles. The van der Waals surface area contributed by atoms with Crippen molar-refractivity contribution in [3.05, 3.63) is 53.6 Å². The molecule has 0 saturated heterocycles. The second-order valence-corrected chi connectivity index (χ2v) is 5.09. The molecule has 0 radical (unpaired) electrons. The number of hydrazone groups is 1. The molecule has 0 aliphatic carbocycles. The molecular formula is C18H19N3O5. The van der Waals surface area contributed by atoms with Gasteiger partial charge in [-0.3, -0.25) is 9.59 Å². The fourth-order valence-electron chi connectivity index (χ4n) is 2.07. The summed E-state index contributed by atoms with van der Waals surface area (Å²) in [5.41, 5.74) is 8.40. The first-order chi connectivity index (χ1) is 12.5. The maximum absolute atomic E-state index is 11.1. The third-order valence-corrected chi connectivity index (χ3v) is 3.31. The van der Waals surface area contributed by atoms with Crippen molar-refractivity contribution in [1.29, 1.82) is 0 Å². The van der Waals surface area contributed by atoms with Gasteiger partial charge in [-0.2, -0.15) is 5.10 Å². The summed E-state index contributed by atoms with van der Waals surface area (Å²) in [6, 6.07) is 13.0. The van der Waals surface area contributed by atoms with Gasteiger partial charge in [0.15, 0.2) is 11.5 Å². The lowest BCUT2D eigenvalue weighted by atomic mass is 10.2. The van der Waals surface area contributed by atoms with Crippen molar-refractivity contribution in [3.8, 4) is 17.2 Å². The fraction of sp³-hybridized carbons (Fsp3) is 0.167. The lowest BCUT2D eigenvalue weighted by Gasteiger charge is -2.15. The number of benzene rings is 2. The van der Waals surface area contributed by atoms with Crippen molar-refractivity contribution in [1.82, 2.24) is 5.43 Å². The van der Waals surface area contributed by atoms with Gasteiger partial charge in [-0.05, 0) is 17.7 Å². The quantitative estimate of drug-likeness (QED) is 0.439. The highest BCUT2D eigenvalue weighted by molar-refractivity contribution is 6.34. The largest absolute Gasteiger partial charge is 0.493 e. The van der Waals surface area contributed by atoms with Crippen LogP contribution in [0.3, 0.4) is 0 Å². The Morgan fingerprint density at radius 3 is 2.27 bits per heavy atom. The van der Waals surface area contributed by atoms with Gasteiger partial charge in [0.1, 0.15) is 6.61 Å². The number of amides is 2. The number of carbonyl (C=O) groups is 2. The minimum atomic E-state index is -1.12. The van der Waals surface area contributed by atoms with E-state index in [2.05, 4.69) is 5.10 Å². The second-order valence-electron chi connectivity index (χ2n) is 5.09. The van der Waals surface area contributed by atoms with Crippen LogP contribution in [0.25, 0.3) is 0 Å². The molecule has 0 heterocycles. The first kappa shape index (κ1) is 18.8. The molecule has 0 unspecified atom stereocenters. The first-order valence-corrected chi connectivity index (χ1v) is 7.60. The highest BCUT2D eigenvalue weighted by atomic mass is 16.5. The average Bonchev–Trinajstić information content (AvgIpc) is 2.66. The minimum absolute atomic E-state index is 0.343. The van der Waals surface area contributed by atoms with E-state index in [0.29, 0.717) is 29.4 Å². The average molecular weight is 357 g/mol. The van der Waals surface area contributed by atoms with E-state index in [-0.39, 0.29) is 0 Å². The van der Waals surface area contributed by atoms with E-state index in [4.69, 9.17) is 19.9 Å². The highest BCUT2D eigenvalue weighted by Crippen LogP contribution is 2.38. The van der Waals surface area contributed by atoms with Gasteiger partial charge in [-0.25, -0.2) is 5.43 Å². The Morgan fingerprint density at radius 1 is 1.12 bits per heavy atom. The molecule has 0 aromatic heterocycles. The molecule has 26 heavy (non-hydrogen) atoms. The SMILES string of the molecule is COc1cc(/C=N\NC(=O)C(N)=O)cc(OC)c1OCc1ccccc1. The van der Waals surface area contributed by atoms with Crippen LogP contribution in [0.15, 0.2) is 47.6 Å². The van der Waals surface area contributed by atoms with Crippen LogP contribution in [0.5, 0.6) is 17.2 Å². The zero-order valence-corrected chi connectivity index (χ0v) is 14.4. The van der Waals surface area contributed by atoms with Gasteiger partial charge in [0, 0.05) is 5.56 Å². The Balaban J connectivity index is 2.20. The summed E-state index contributed by atoms with van der Waals surface area (Å²) in [6.07, 6.45) is 1.33. The summed E-state index contributed by atoms with van der Waals surface area (Å²) in [5.74, 6) is -0.826. The Labute approximate surface area is 150 Å². The second kappa shape index (κ2) is 9.07. The molecule has 0 bridgehead atoms. The van der Waals surface area contributed by atoms with E-state index in [1.165, 1.54) is 20.4 Å². The number of primary amides is 1. The highest BCUT2D eigenvalue weighted by Gasteiger charge is 2.14. The standard InChI is InChI=1S/C18H19N3O5/c1-24-14-8-13(10-20-21-18(23)17(19)22)9-15(25-2)16(14)26-11-12-6-4-3-5-7-12/h3-10H,11H2,1-2H3,(H2,19,22)(H,21,23)/b20-10-. The molecule has 2 aromatic rings.